The van der Waals surface area contributed by atoms with E-state index in [2.05, 4.69) is 4.74 Å². The summed E-state index contributed by atoms with van der Waals surface area (Å²) in [4.78, 5) is 39.0. The topological polar surface area (TPSA) is 87.2 Å². The molecule has 0 aliphatic carbocycles. The lowest BCUT2D eigenvalue weighted by molar-refractivity contribution is -0.150. The molecule has 0 saturated carbocycles. The Hall–Kier alpha value is -2.71. The Labute approximate surface area is 155 Å². The molecule has 1 aliphatic heterocycles. The number of para-hydroxylation sites is 1. The van der Waals surface area contributed by atoms with Crippen LogP contribution in [-0.2, 0) is 9.59 Å². The fraction of sp³-hybridized carbons (Fsp3) is 0.500. The van der Waals surface area contributed by atoms with Gasteiger partial charge in [-0.3, -0.25) is 9.59 Å². The van der Waals surface area contributed by atoms with Crippen LogP contribution in [0.1, 0.15) is 30.1 Å². The minimum Gasteiger partial charge on any atom is -0.480 e. The van der Waals surface area contributed by atoms with E-state index in [1.54, 1.807) is 6.07 Å². The first-order chi connectivity index (χ1) is 12.7. The first-order valence-electron chi connectivity index (χ1n) is 8.55. The zero-order valence-electron chi connectivity index (χ0n) is 15.1. The third-order valence-electron chi connectivity index (χ3n) is 4.68. The normalized spacial score (nSPS) is 18.1. The van der Waals surface area contributed by atoms with E-state index in [-0.39, 0.29) is 23.8 Å². The second-order valence-electron chi connectivity index (χ2n) is 6.43. The van der Waals surface area contributed by atoms with E-state index in [0.29, 0.717) is 19.4 Å². The summed E-state index contributed by atoms with van der Waals surface area (Å²) in [6.45, 7) is -1.17. The number of alkyl halides is 2. The average Bonchev–Trinajstić information content (AvgIpc) is 2.65. The molecule has 1 saturated heterocycles. The van der Waals surface area contributed by atoms with Crippen LogP contribution in [0.3, 0.4) is 0 Å². The van der Waals surface area contributed by atoms with Crippen LogP contribution in [0.5, 0.6) is 5.75 Å². The number of hydrogen-bond acceptors (Lipinski definition) is 4. The van der Waals surface area contributed by atoms with Crippen molar-refractivity contribution in [1.82, 2.24) is 9.80 Å². The van der Waals surface area contributed by atoms with Gasteiger partial charge < -0.3 is 19.6 Å². The number of rotatable bonds is 6. The fourth-order valence-electron chi connectivity index (χ4n) is 3.02. The van der Waals surface area contributed by atoms with Crippen LogP contribution in [0, 0.1) is 5.92 Å². The Morgan fingerprint density at radius 1 is 1.30 bits per heavy atom. The highest BCUT2D eigenvalue weighted by Crippen LogP contribution is 2.26. The molecule has 7 nitrogen and oxygen atoms in total. The van der Waals surface area contributed by atoms with Gasteiger partial charge in [-0.1, -0.05) is 12.1 Å². The number of aliphatic carboxylic acids is 1. The standard InChI is InChI=1S/C18H22F2N2O5/c1-11(17(25)26)21(2)15(23)12-6-5-9-22(10-12)16(24)13-7-3-4-8-14(13)27-18(19)20/h3-4,7-8,11-12,18H,5-6,9-10H2,1-2H3,(H,25,26). The third-order valence-corrected chi connectivity index (χ3v) is 4.68. The SMILES string of the molecule is CC(C(=O)O)N(C)C(=O)C1CCCN(C(=O)c2ccccc2OC(F)F)C1. The van der Waals surface area contributed by atoms with Crippen molar-refractivity contribution in [2.24, 2.45) is 5.92 Å². The summed E-state index contributed by atoms with van der Waals surface area (Å²) in [5.74, 6) is -2.75. The Bertz CT molecular complexity index is 713. The van der Waals surface area contributed by atoms with Crippen molar-refractivity contribution in [2.75, 3.05) is 20.1 Å². The molecule has 0 aromatic heterocycles. The third kappa shape index (κ3) is 4.93. The summed E-state index contributed by atoms with van der Waals surface area (Å²) < 4.78 is 29.5. The smallest absolute Gasteiger partial charge is 0.387 e. The molecule has 1 aromatic carbocycles. The highest BCUT2D eigenvalue weighted by Gasteiger charge is 2.34. The molecule has 2 atom stereocenters. The highest BCUT2D eigenvalue weighted by molar-refractivity contribution is 5.97. The summed E-state index contributed by atoms with van der Waals surface area (Å²) in [6.07, 6.45) is 1.07. The van der Waals surface area contributed by atoms with Gasteiger partial charge >= 0.3 is 12.6 Å². The van der Waals surface area contributed by atoms with Crippen LogP contribution < -0.4 is 4.74 Å². The Kier molecular flexibility index (Phi) is 6.70. The van der Waals surface area contributed by atoms with Crippen LogP contribution in [0.2, 0.25) is 0 Å². The number of halogens is 2. The molecule has 1 N–H and O–H groups in total. The van der Waals surface area contributed by atoms with Gasteiger partial charge in [0.15, 0.2) is 0 Å². The van der Waals surface area contributed by atoms with Crippen molar-refractivity contribution in [2.45, 2.75) is 32.4 Å². The van der Waals surface area contributed by atoms with Gasteiger partial charge in [-0.25, -0.2) is 4.79 Å². The Morgan fingerprint density at radius 2 is 1.96 bits per heavy atom. The van der Waals surface area contributed by atoms with Crippen LogP contribution in [0.4, 0.5) is 8.78 Å². The maximum atomic E-state index is 12.8. The minimum absolute atomic E-state index is 0.00171. The predicted molar refractivity (Wildman–Crippen MR) is 91.6 cm³/mol. The number of likely N-dealkylation sites (tertiary alicyclic amines) is 1. The van der Waals surface area contributed by atoms with Crippen molar-refractivity contribution in [1.29, 1.82) is 0 Å². The number of piperidine rings is 1. The van der Waals surface area contributed by atoms with Gasteiger partial charge in [0.2, 0.25) is 5.91 Å². The maximum absolute atomic E-state index is 12.8. The van der Waals surface area contributed by atoms with Crippen molar-refractivity contribution in [3.63, 3.8) is 0 Å². The maximum Gasteiger partial charge on any atom is 0.387 e. The van der Waals surface area contributed by atoms with E-state index >= 15 is 0 Å². The van der Waals surface area contributed by atoms with Gasteiger partial charge in [0, 0.05) is 20.1 Å². The average molecular weight is 384 g/mol. The minimum atomic E-state index is -3.05. The zero-order valence-corrected chi connectivity index (χ0v) is 15.1. The lowest BCUT2D eigenvalue weighted by atomic mass is 9.95. The fourth-order valence-corrected chi connectivity index (χ4v) is 3.02. The summed E-state index contributed by atoms with van der Waals surface area (Å²) in [6, 6.07) is 4.72. The van der Waals surface area contributed by atoms with Gasteiger partial charge in [-0.05, 0) is 31.9 Å². The molecule has 27 heavy (non-hydrogen) atoms. The highest BCUT2D eigenvalue weighted by atomic mass is 19.3. The molecule has 0 radical (unpaired) electrons. The number of carboxylic acid groups (broad SMARTS) is 1. The molecule has 2 unspecified atom stereocenters. The number of hydrogen-bond donors (Lipinski definition) is 1. The van der Waals surface area contributed by atoms with E-state index in [1.807, 2.05) is 0 Å². The molecule has 148 valence electrons. The molecule has 9 heteroatoms. The van der Waals surface area contributed by atoms with Gasteiger partial charge in [-0.15, -0.1) is 0 Å². The van der Waals surface area contributed by atoms with Gasteiger partial charge in [0.25, 0.3) is 5.91 Å². The first-order valence-corrected chi connectivity index (χ1v) is 8.55. The molecule has 0 spiro atoms. The van der Waals surface area contributed by atoms with E-state index in [0.717, 1.165) is 4.90 Å². The Morgan fingerprint density at radius 3 is 2.59 bits per heavy atom. The molecule has 1 fully saturated rings. The molecule has 0 bridgehead atoms. The van der Waals surface area contributed by atoms with E-state index in [1.165, 1.54) is 37.1 Å². The predicted octanol–water partition coefficient (Wildman–Crippen LogP) is 2.07. The van der Waals surface area contributed by atoms with Gasteiger partial charge in [0.05, 0.1) is 11.5 Å². The zero-order chi connectivity index (χ0) is 20.1. The van der Waals surface area contributed by atoms with Crippen molar-refractivity contribution in [3.8, 4) is 5.75 Å². The summed E-state index contributed by atoms with van der Waals surface area (Å²) in [7, 11) is 1.41. The number of carbonyl (C=O) groups is 3. The van der Waals surface area contributed by atoms with E-state index in [9.17, 15) is 23.2 Å². The first kappa shape index (κ1) is 20.6. The quantitative estimate of drug-likeness (QED) is 0.811. The molecule has 2 rings (SSSR count). The lowest BCUT2D eigenvalue weighted by Crippen LogP contribution is -2.49. The second kappa shape index (κ2) is 8.79. The molecule has 1 aromatic rings. The molecular formula is C18H22F2N2O5. The number of benzene rings is 1. The molecular weight excluding hydrogens is 362 g/mol. The Balaban J connectivity index is 2.13. The van der Waals surface area contributed by atoms with Crippen LogP contribution in [0.15, 0.2) is 24.3 Å². The van der Waals surface area contributed by atoms with Crippen LogP contribution >= 0.6 is 0 Å². The monoisotopic (exact) mass is 384 g/mol. The summed E-state index contributed by atoms with van der Waals surface area (Å²) in [5.41, 5.74) is -0.00171. The number of carbonyl (C=O) groups excluding carboxylic acids is 2. The van der Waals surface area contributed by atoms with Crippen LogP contribution in [0.25, 0.3) is 0 Å². The summed E-state index contributed by atoms with van der Waals surface area (Å²) >= 11 is 0. The largest absolute Gasteiger partial charge is 0.480 e. The number of amides is 2. The molecule has 2 amide bonds. The van der Waals surface area contributed by atoms with Gasteiger partial charge in [-0.2, -0.15) is 8.78 Å². The molecule has 1 aliphatic rings. The second-order valence-corrected chi connectivity index (χ2v) is 6.43. The van der Waals surface area contributed by atoms with E-state index < -0.39 is 30.4 Å². The van der Waals surface area contributed by atoms with E-state index in [4.69, 9.17) is 5.11 Å². The molecule has 1 heterocycles. The number of nitrogens with zero attached hydrogens (tertiary/aromatic N) is 2. The van der Waals surface area contributed by atoms with Gasteiger partial charge in [0.1, 0.15) is 11.8 Å². The number of ether oxygens (including phenoxy) is 1. The van der Waals surface area contributed by atoms with Crippen molar-refractivity contribution < 1.29 is 33.0 Å². The summed E-state index contributed by atoms with van der Waals surface area (Å²) in [5, 5.41) is 9.06. The van der Waals surface area contributed by atoms with Crippen molar-refractivity contribution >= 4 is 17.8 Å². The number of carboxylic acids is 1. The van der Waals surface area contributed by atoms with Crippen molar-refractivity contribution in [3.05, 3.63) is 29.8 Å². The number of likely N-dealkylation sites (N-methyl/N-ethyl adjacent to an activating group) is 1. The van der Waals surface area contributed by atoms with Crippen LogP contribution in [-0.4, -0.2) is 65.5 Å². The lowest BCUT2D eigenvalue weighted by Gasteiger charge is -2.35.